The standard InChI is InChI=1S/C4H4O4.2CH3.Ca/c5-3(6)1-2-4(7)8;;;/h1-2H,(H,5,6)(H,7,8);2*1H3;/b2-1+;;;. The first-order chi connectivity index (χ1) is 5.04. The second kappa shape index (κ2) is 9.94. The van der Waals surface area contributed by atoms with Gasteiger partial charge in [0.2, 0.25) is 0 Å². The first kappa shape index (κ1) is 13.5. The van der Waals surface area contributed by atoms with Gasteiger partial charge in [-0.1, -0.05) is 0 Å². The Morgan fingerprint density at radius 1 is 1.09 bits per heavy atom. The molecule has 0 saturated carbocycles. The average Bonchev–Trinajstić information content (AvgIpc) is 1.85. The Bertz CT molecular complexity index is 137. The van der Waals surface area contributed by atoms with E-state index in [9.17, 15) is 9.59 Å². The molecule has 0 heterocycles. The zero-order chi connectivity index (χ0) is 9.28. The minimum absolute atomic E-state index is 0.125. The van der Waals surface area contributed by atoms with Crippen molar-refractivity contribution < 1.29 is 19.8 Å². The van der Waals surface area contributed by atoms with Crippen molar-refractivity contribution in [1.29, 1.82) is 0 Å². The fourth-order valence-corrected chi connectivity index (χ4v) is 0.143. The molecular formula is C6H10CaO4. The molecular weight excluding hydrogens is 176 g/mol. The first-order valence-electron chi connectivity index (χ1n) is 3.18. The first-order valence-corrected chi connectivity index (χ1v) is 7.60. The number of hydrogen-bond donors (Lipinski definition) is 2. The van der Waals surface area contributed by atoms with E-state index in [0.29, 0.717) is 12.2 Å². The second-order valence-electron chi connectivity index (χ2n) is 1.72. The van der Waals surface area contributed by atoms with Crippen LogP contribution in [-0.4, -0.2) is 56.0 Å². The molecule has 4 nitrogen and oxygen atoms in total. The zero-order valence-corrected chi connectivity index (χ0v) is 8.78. The summed E-state index contributed by atoms with van der Waals surface area (Å²) in [7, 11) is 0. The quantitative estimate of drug-likeness (QED) is 0.486. The molecule has 0 atom stereocenters. The molecule has 0 aliphatic heterocycles. The Morgan fingerprint density at radius 3 is 1.36 bits per heavy atom. The van der Waals surface area contributed by atoms with E-state index in [1.54, 1.807) is 0 Å². The van der Waals surface area contributed by atoms with Gasteiger partial charge in [-0.15, -0.1) is 0 Å². The number of carboxylic acid groups (broad SMARTS) is 2. The number of hydrogen-bond acceptors (Lipinski definition) is 2. The normalized spacial score (nSPS) is 7.82. The van der Waals surface area contributed by atoms with Crippen LogP contribution in [0.15, 0.2) is 12.2 Å². The van der Waals surface area contributed by atoms with Crippen LogP contribution in [0.25, 0.3) is 0 Å². The maximum atomic E-state index is 9.55. The van der Waals surface area contributed by atoms with Crippen LogP contribution < -0.4 is 0 Å². The Balaban J connectivity index is 0. The van der Waals surface area contributed by atoms with E-state index in [0.717, 1.165) is 0 Å². The summed E-state index contributed by atoms with van der Waals surface area (Å²) in [6.45, 7) is 0. The molecule has 0 saturated heterocycles. The van der Waals surface area contributed by atoms with Crippen molar-refractivity contribution in [2.75, 3.05) is 0 Å². The summed E-state index contributed by atoms with van der Waals surface area (Å²) in [4.78, 5) is 19.1. The Kier molecular flexibility index (Phi) is 12.2. The van der Waals surface area contributed by atoms with Crippen molar-refractivity contribution in [3.8, 4) is 0 Å². The summed E-state index contributed by atoms with van der Waals surface area (Å²) < 4.78 is 4.62. The summed E-state index contributed by atoms with van der Waals surface area (Å²) >= 11 is 0.125. The molecule has 0 radical (unpaired) electrons. The van der Waals surface area contributed by atoms with Gasteiger partial charge in [0.25, 0.3) is 0 Å². The van der Waals surface area contributed by atoms with E-state index in [-0.39, 0.29) is 33.8 Å². The van der Waals surface area contributed by atoms with Gasteiger partial charge in [0.05, 0.1) is 0 Å². The summed E-state index contributed by atoms with van der Waals surface area (Å²) in [6, 6.07) is 0. The van der Waals surface area contributed by atoms with Gasteiger partial charge in [0, 0.05) is 12.2 Å². The molecule has 0 aromatic rings. The zero-order valence-electron chi connectivity index (χ0n) is 6.57. The predicted molar refractivity (Wildman–Crippen MR) is 41.9 cm³/mol. The molecule has 0 aromatic carbocycles. The van der Waals surface area contributed by atoms with Crippen molar-refractivity contribution in [1.82, 2.24) is 0 Å². The topological polar surface area (TPSA) is 74.6 Å². The van der Waals surface area contributed by atoms with Gasteiger partial charge in [-0.25, -0.2) is 9.59 Å². The van der Waals surface area contributed by atoms with Crippen LogP contribution in [-0.2, 0) is 9.59 Å². The van der Waals surface area contributed by atoms with Crippen LogP contribution in [0.2, 0.25) is 6.04 Å². The van der Waals surface area contributed by atoms with Crippen LogP contribution in [0.5, 0.6) is 0 Å². The molecule has 0 aliphatic rings. The van der Waals surface area contributed by atoms with Crippen molar-refractivity contribution in [3.05, 3.63) is 12.2 Å². The third-order valence-corrected chi connectivity index (χ3v) is 0.368. The molecule has 0 bridgehead atoms. The number of carbonyl (C=O) groups is 2. The summed E-state index contributed by atoms with van der Waals surface area (Å²) in [5.41, 5.74) is 0. The molecule has 0 unspecified atom stereocenters. The molecule has 0 amide bonds. The van der Waals surface area contributed by atoms with Crippen LogP contribution in [0.4, 0.5) is 0 Å². The van der Waals surface area contributed by atoms with Crippen LogP contribution >= 0.6 is 0 Å². The number of carboxylic acids is 2. The van der Waals surface area contributed by atoms with E-state index in [1.807, 2.05) is 0 Å². The van der Waals surface area contributed by atoms with Crippen molar-refractivity contribution in [3.63, 3.8) is 0 Å². The predicted octanol–water partition coefficient (Wildman–Crippen LogP) is 0.499. The van der Waals surface area contributed by atoms with Crippen LogP contribution in [0, 0.1) is 0 Å². The molecule has 0 rings (SSSR count). The molecule has 11 heavy (non-hydrogen) atoms. The fraction of sp³-hybridized carbons (Fsp3) is 0.333. The van der Waals surface area contributed by atoms with Crippen molar-refractivity contribution >= 4 is 45.8 Å². The van der Waals surface area contributed by atoms with E-state index in [1.165, 1.54) is 0 Å². The van der Waals surface area contributed by atoms with Gasteiger partial charge in [0.15, 0.2) is 0 Å². The van der Waals surface area contributed by atoms with Crippen LogP contribution in [0.3, 0.4) is 0 Å². The van der Waals surface area contributed by atoms with E-state index in [4.69, 9.17) is 10.2 Å². The monoisotopic (exact) mass is 186 g/mol. The van der Waals surface area contributed by atoms with Crippen LogP contribution in [0.1, 0.15) is 0 Å². The Labute approximate surface area is 83.2 Å². The fourth-order valence-electron chi connectivity index (χ4n) is 0.143. The second-order valence-corrected chi connectivity index (χ2v) is 3.93. The van der Waals surface area contributed by atoms with Gasteiger partial charge >= 0.3 is 51.8 Å². The molecule has 0 spiro atoms. The average molecular weight is 186 g/mol. The number of rotatable bonds is 2. The van der Waals surface area contributed by atoms with Gasteiger partial charge in [0.1, 0.15) is 0 Å². The van der Waals surface area contributed by atoms with Gasteiger partial charge < -0.3 is 10.2 Å². The molecule has 60 valence electrons. The summed E-state index contributed by atoms with van der Waals surface area (Å²) in [6.07, 6.45) is 1.12. The molecule has 5 heteroatoms. The Hall–Kier alpha value is -0.0603. The molecule has 0 fully saturated rings. The Morgan fingerprint density at radius 2 is 1.27 bits per heavy atom. The van der Waals surface area contributed by atoms with Gasteiger partial charge in [-0.05, 0) is 0 Å². The number of aliphatic carboxylic acids is 2. The van der Waals surface area contributed by atoms with Gasteiger partial charge in [-0.2, -0.15) is 0 Å². The van der Waals surface area contributed by atoms with E-state index < -0.39 is 11.9 Å². The molecule has 0 aromatic heterocycles. The van der Waals surface area contributed by atoms with Crippen molar-refractivity contribution in [2.45, 2.75) is 6.04 Å². The van der Waals surface area contributed by atoms with Gasteiger partial charge in [-0.3, -0.25) is 0 Å². The summed E-state index contributed by atoms with van der Waals surface area (Å²) in [5, 5.41) is 15.6. The molecule has 2 N–H and O–H groups in total. The maximum absolute atomic E-state index is 9.55. The molecule has 0 aliphatic carbocycles. The minimum atomic E-state index is -1.26. The summed E-state index contributed by atoms with van der Waals surface area (Å²) in [5.74, 6) is -2.51. The van der Waals surface area contributed by atoms with E-state index >= 15 is 0 Å². The third-order valence-electron chi connectivity index (χ3n) is 0.368. The van der Waals surface area contributed by atoms with E-state index in [2.05, 4.69) is 6.04 Å². The third kappa shape index (κ3) is 25.7. The van der Waals surface area contributed by atoms with Crippen molar-refractivity contribution in [2.24, 2.45) is 0 Å². The SMILES string of the molecule is O=C(O)/C=C/C(=O)O.[CH3][Ca][CH3].